The minimum absolute atomic E-state index is 0.389. The first-order valence-electron chi connectivity index (χ1n) is 20.3. The summed E-state index contributed by atoms with van der Waals surface area (Å²) in [5.74, 6) is 2.60. The van der Waals surface area contributed by atoms with Gasteiger partial charge >= 0.3 is 11.9 Å². The molecule has 2 unspecified atom stereocenters. The van der Waals surface area contributed by atoms with E-state index < -0.39 is 11.2 Å². The number of fused-ring (bicyclic) bond motifs is 14. The van der Waals surface area contributed by atoms with Gasteiger partial charge < -0.3 is 33.5 Å². The Balaban J connectivity index is 1.07. The van der Waals surface area contributed by atoms with E-state index in [4.69, 9.17) is 23.7 Å². The summed E-state index contributed by atoms with van der Waals surface area (Å²) in [6.45, 7) is 11.8. The Labute approximate surface area is 342 Å². The largest absolute Gasteiger partial charge is 0.456 e. The highest BCUT2D eigenvalue weighted by molar-refractivity contribution is 5.98. The van der Waals surface area contributed by atoms with E-state index in [1.165, 1.54) is 0 Å². The van der Waals surface area contributed by atoms with E-state index in [1.807, 2.05) is 109 Å². The summed E-state index contributed by atoms with van der Waals surface area (Å²) in [5, 5.41) is 0. The Morgan fingerprint density at radius 2 is 0.814 bits per heavy atom. The second-order valence-corrected chi connectivity index (χ2v) is 15.3. The van der Waals surface area contributed by atoms with Gasteiger partial charge in [0.15, 0.2) is 11.2 Å². The molecule has 11 rings (SSSR count). The van der Waals surface area contributed by atoms with Crippen molar-refractivity contribution in [2.45, 2.75) is 38.9 Å². The summed E-state index contributed by atoms with van der Waals surface area (Å²) in [4.78, 5) is 31.8. The van der Waals surface area contributed by atoms with E-state index >= 15 is 0 Å². The van der Waals surface area contributed by atoms with Gasteiger partial charge in [0, 0.05) is 106 Å². The van der Waals surface area contributed by atoms with Crippen molar-refractivity contribution in [3.05, 3.63) is 165 Å². The monoisotopic (exact) mass is 780 g/mol. The SMILES string of the molecule is CCN(CC)c1ccc2c(c1)Oc1cc3c(cc1C21OC(=O)c2ccccc21)C=Cc1cc2c(cc1O3)Oc1cc(N(CC)CC)ccc1C21OC(=O)c2ccccc21. The maximum Gasteiger partial charge on any atom is 0.340 e. The summed E-state index contributed by atoms with van der Waals surface area (Å²) < 4.78 is 33.4. The highest BCUT2D eigenvalue weighted by Crippen LogP contribution is 2.60. The summed E-state index contributed by atoms with van der Waals surface area (Å²) >= 11 is 0. The van der Waals surface area contributed by atoms with E-state index in [9.17, 15) is 9.59 Å². The molecule has 0 saturated heterocycles. The van der Waals surface area contributed by atoms with Crippen LogP contribution in [0.2, 0.25) is 0 Å². The Bertz CT molecular complexity index is 2650. The van der Waals surface area contributed by atoms with Crippen molar-refractivity contribution in [1.29, 1.82) is 0 Å². The molecule has 292 valence electrons. The smallest absolute Gasteiger partial charge is 0.340 e. The number of esters is 2. The van der Waals surface area contributed by atoms with Gasteiger partial charge in [0.1, 0.15) is 34.5 Å². The van der Waals surface area contributed by atoms with Crippen LogP contribution in [0, 0.1) is 0 Å². The van der Waals surface area contributed by atoms with E-state index in [2.05, 4.69) is 49.6 Å². The van der Waals surface area contributed by atoms with Crippen molar-refractivity contribution >= 4 is 35.5 Å². The normalized spacial score (nSPS) is 19.3. The van der Waals surface area contributed by atoms with Crippen LogP contribution >= 0.6 is 0 Å². The number of anilines is 2. The molecule has 0 saturated carbocycles. The number of hydrogen-bond acceptors (Lipinski definition) is 9. The lowest BCUT2D eigenvalue weighted by molar-refractivity contribution is 0.0214. The third-order valence-electron chi connectivity index (χ3n) is 12.6. The fourth-order valence-electron chi connectivity index (χ4n) is 9.72. The van der Waals surface area contributed by atoms with Crippen molar-refractivity contribution in [1.82, 2.24) is 0 Å². The molecule has 0 radical (unpaired) electrons. The van der Waals surface area contributed by atoms with Gasteiger partial charge in [-0.3, -0.25) is 0 Å². The lowest BCUT2D eigenvalue weighted by Crippen LogP contribution is -2.33. The van der Waals surface area contributed by atoms with Crippen molar-refractivity contribution < 1.29 is 33.3 Å². The number of ether oxygens (including phenoxy) is 5. The van der Waals surface area contributed by atoms with Gasteiger partial charge in [0.2, 0.25) is 0 Å². The zero-order valence-corrected chi connectivity index (χ0v) is 33.1. The van der Waals surface area contributed by atoms with E-state index in [0.29, 0.717) is 56.8 Å². The highest BCUT2D eigenvalue weighted by atomic mass is 16.6. The molecule has 2 atom stereocenters. The summed E-state index contributed by atoms with van der Waals surface area (Å²) in [5.41, 5.74) is 6.56. The lowest BCUT2D eigenvalue weighted by Gasteiger charge is -2.38. The second-order valence-electron chi connectivity index (χ2n) is 15.3. The minimum atomic E-state index is -1.24. The van der Waals surface area contributed by atoms with Gasteiger partial charge in [-0.15, -0.1) is 0 Å². The molecule has 6 aromatic carbocycles. The van der Waals surface area contributed by atoms with Crippen molar-refractivity contribution in [2.24, 2.45) is 0 Å². The highest BCUT2D eigenvalue weighted by Gasteiger charge is 2.55. The fourth-order valence-corrected chi connectivity index (χ4v) is 9.72. The van der Waals surface area contributed by atoms with Crippen molar-refractivity contribution in [3.8, 4) is 34.5 Å². The molecule has 6 aromatic rings. The number of benzene rings is 6. The summed E-state index contributed by atoms with van der Waals surface area (Å²) in [7, 11) is 0. The number of carbonyl (C=O) groups excluding carboxylic acids is 2. The summed E-state index contributed by atoms with van der Waals surface area (Å²) in [6.07, 6.45) is 4.00. The number of nitrogens with zero attached hydrogens (tertiary/aromatic N) is 2. The van der Waals surface area contributed by atoms with Crippen molar-refractivity contribution in [2.75, 3.05) is 36.0 Å². The quantitative estimate of drug-likeness (QED) is 0.153. The van der Waals surface area contributed by atoms with Crippen molar-refractivity contribution in [3.63, 3.8) is 0 Å². The number of carbonyl (C=O) groups is 2. The van der Waals surface area contributed by atoms with E-state index in [1.54, 1.807) is 0 Å². The Hall–Kier alpha value is -7.00. The van der Waals surface area contributed by atoms with Crippen LogP contribution < -0.4 is 24.0 Å². The molecule has 59 heavy (non-hydrogen) atoms. The van der Waals surface area contributed by atoms with E-state index in [-0.39, 0.29) is 11.9 Å². The maximum absolute atomic E-state index is 13.7. The Morgan fingerprint density at radius 1 is 0.424 bits per heavy atom. The van der Waals surface area contributed by atoms with Crippen LogP contribution in [0.1, 0.15) is 92.9 Å². The van der Waals surface area contributed by atoms with Gasteiger partial charge in [0.25, 0.3) is 0 Å². The van der Waals surface area contributed by atoms with Crippen LogP contribution in [0.4, 0.5) is 11.4 Å². The molecule has 0 N–H and O–H groups in total. The zero-order valence-electron chi connectivity index (χ0n) is 33.1. The predicted octanol–water partition coefficient (Wildman–Crippen LogP) is 10.8. The maximum atomic E-state index is 13.7. The van der Waals surface area contributed by atoms with Crippen LogP contribution in [0.5, 0.6) is 34.5 Å². The Kier molecular flexibility index (Phi) is 7.60. The molecular formula is C50H40N2O7. The average Bonchev–Trinajstić information content (AvgIpc) is 3.64. The second kappa shape index (κ2) is 12.8. The van der Waals surface area contributed by atoms with Gasteiger partial charge in [-0.2, -0.15) is 0 Å². The predicted molar refractivity (Wildman–Crippen MR) is 226 cm³/mol. The molecule has 0 amide bonds. The van der Waals surface area contributed by atoms with E-state index in [0.717, 1.165) is 70.9 Å². The van der Waals surface area contributed by atoms with Crippen LogP contribution in [-0.2, 0) is 20.7 Å². The third-order valence-corrected chi connectivity index (χ3v) is 12.6. The molecule has 5 aliphatic rings. The molecule has 2 spiro atoms. The van der Waals surface area contributed by atoms with Gasteiger partial charge in [-0.05, 0) is 76.2 Å². The molecule has 5 heterocycles. The molecule has 0 aromatic heterocycles. The fraction of sp³-hybridized carbons (Fsp3) is 0.200. The van der Waals surface area contributed by atoms with Crippen LogP contribution in [0.15, 0.2) is 109 Å². The Morgan fingerprint density at radius 3 is 1.24 bits per heavy atom. The lowest BCUT2D eigenvalue weighted by atomic mass is 9.77. The first-order valence-corrected chi connectivity index (χ1v) is 20.3. The van der Waals surface area contributed by atoms with Crippen LogP contribution in [-0.4, -0.2) is 38.1 Å². The average molecular weight is 781 g/mol. The number of rotatable bonds is 6. The molecule has 0 fully saturated rings. The van der Waals surface area contributed by atoms with Gasteiger partial charge in [0.05, 0.1) is 11.1 Å². The van der Waals surface area contributed by atoms with Crippen LogP contribution in [0.25, 0.3) is 12.2 Å². The molecule has 9 nitrogen and oxygen atoms in total. The standard InChI is InChI=1S/C50H40N2O7/c1-5-51(6-2)31-19-21-37-43(25-31)56-45-27-41-29(23-39(45)49(37)35-15-11-9-13-33(35)47(53)58-49)17-18-30-24-40-46(28-42(30)55-41)57-44-26-32(52(7-3)8-4)20-22-38(44)50(40)36-16-12-10-14-34(36)48(54)59-50/h9-28H,5-8H2,1-4H3. The first-order chi connectivity index (χ1) is 28.8. The van der Waals surface area contributed by atoms with Gasteiger partial charge in [-0.25, -0.2) is 9.59 Å². The topological polar surface area (TPSA) is 86.8 Å². The van der Waals surface area contributed by atoms with Crippen LogP contribution in [0.3, 0.4) is 0 Å². The third kappa shape index (κ3) is 4.78. The molecule has 0 bridgehead atoms. The zero-order chi connectivity index (χ0) is 40.2. The molecule has 5 aliphatic heterocycles. The van der Waals surface area contributed by atoms with Gasteiger partial charge in [-0.1, -0.05) is 48.6 Å². The summed E-state index contributed by atoms with van der Waals surface area (Å²) in [6, 6.07) is 35.1. The molecule has 9 heteroatoms. The molecular weight excluding hydrogens is 741 g/mol. The number of hydrogen-bond donors (Lipinski definition) is 0. The first kappa shape index (κ1) is 35.2. The molecule has 0 aliphatic carbocycles. The minimum Gasteiger partial charge on any atom is -0.456 e.